The van der Waals surface area contributed by atoms with Crippen LogP contribution in [0.2, 0.25) is 0 Å². The van der Waals surface area contributed by atoms with Crippen LogP contribution in [0.4, 0.5) is 6.01 Å². The summed E-state index contributed by atoms with van der Waals surface area (Å²) in [4.78, 5) is 32.2. The number of rotatable bonds is 5. The number of fused-ring (bicyclic) bond motifs is 1. The van der Waals surface area contributed by atoms with Crippen molar-refractivity contribution in [1.29, 1.82) is 0 Å². The van der Waals surface area contributed by atoms with Crippen LogP contribution in [0.3, 0.4) is 0 Å². The van der Waals surface area contributed by atoms with Crippen molar-refractivity contribution in [3.05, 3.63) is 43.0 Å². The van der Waals surface area contributed by atoms with Crippen LogP contribution in [0, 0.1) is 11.3 Å². The first-order chi connectivity index (χ1) is 12.5. The van der Waals surface area contributed by atoms with Gasteiger partial charge in [0.25, 0.3) is 0 Å². The Balaban J connectivity index is 1.60. The molecule has 2 fully saturated rings. The molecule has 2 atom stereocenters. The van der Waals surface area contributed by atoms with E-state index in [4.69, 9.17) is 4.52 Å². The molecule has 1 aromatic carbocycles. The predicted molar refractivity (Wildman–Crippen MR) is 92.3 cm³/mol. The van der Waals surface area contributed by atoms with Crippen molar-refractivity contribution in [3.8, 4) is 11.4 Å². The van der Waals surface area contributed by atoms with Crippen molar-refractivity contribution in [3.63, 3.8) is 0 Å². The van der Waals surface area contributed by atoms with E-state index in [9.17, 15) is 14.7 Å². The minimum absolute atomic E-state index is 0.156. The fraction of sp³-hybridized carbons (Fsp3) is 0.333. The molecule has 3 heterocycles. The Hall–Kier alpha value is -3.16. The maximum absolute atomic E-state index is 12.6. The molecule has 1 aromatic heterocycles. The molecule has 8 heteroatoms. The van der Waals surface area contributed by atoms with Gasteiger partial charge in [0, 0.05) is 31.7 Å². The standard InChI is InChI=1S/C18H18N4O4/c1-2-8-21-10-18(16(24)25)11-22(9-13(18)15(21)23)17-19-14(20-26-17)12-6-4-3-5-7-12/h2-7,13H,1,8-11H2,(H,24,25)/t13-,18+/m1/s1. The number of anilines is 1. The average Bonchev–Trinajstić information content (AvgIpc) is 3.32. The highest BCUT2D eigenvalue weighted by molar-refractivity contribution is 5.93. The Morgan fingerprint density at radius 1 is 1.38 bits per heavy atom. The highest BCUT2D eigenvalue weighted by Gasteiger charge is 2.62. The fourth-order valence-corrected chi connectivity index (χ4v) is 3.81. The van der Waals surface area contributed by atoms with E-state index in [1.165, 1.54) is 0 Å². The summed E-state index contributed by atoms with van der Waals surface area (Å²) >= 11 is 0. The number of likely N-dealkylation sites (tertiary alicyclic amines) is 1. The Morgan fingerprint density at radius 3 is 2.81 bits per heavy atom. The fourth-order valence-electron chi connectivity index (χ4n) is 3.81. The van der Waals surface area contributed by atoms with E-state index in [0.29, 0.717) is 12.4 Å². The van der Waals surface area contributed by atoms with E-state index >= 15 is 0 Å². The van der Waals surface area contributed by atoms with Crippen LogP contribution in [0.25, 0.3) is 11.4 Å². The third kappa shape index (κ3) is 2.37. The number of carbonyl (C=O) groups excluding carboxylic acids is 1. The molecule has 0 bridgehead atoms. The Labute approximate surface area is 149 Å². The van der Waals surface area contributed by atoms with Crippen molar-refractivity contribution in [1.82, 2.24) is 15.0 Å². The van der Waals surface area contributed by atoms with Crippen molar-refractivity contribution < 1.29 is 19.2 Å². The molecule has 2 saturated heterocycles. The lowest BCUT2D eigenvalue weighted by molar-refractivity contribution is -0.149. The van der Waals surface area contributed by atoms with Gasteiger partial charge in [-0.3, -0.25) is 9.59 Å². The number of carboxylic acid groups (broad SMARTS) is 1. The summed E-state index contributed by atoms with van der Waals surface area (Å²) in [5.41, 5.74) is -0.357. The van der Waals surface area contributed by atoms with Crippen molar-refractivity contribution in [2.45, 2.75) is 0 Å². The van der Waals surface area contributed by atoms with Gasteiger partial charge >= 0.3 is 12.0 Å². The van der Waals surface area contributed by atoms with Gasteiger partial charge in [-0.1, -0.05) is 41.6 Å². The normalized spacial score (nSPS) is 24.8. The SMILES string of the molecule is C=CCN1C[C@]2(C(=O)O)CN(c3nc(-c4ccccc4)no3)C[C@@H]2C1=O. The zero-order chi connectivity index (χ0) is 18.3. The number of carbonyl (C=O) groups is 2. The molecule has 0 spiro atoms. The topological polar surface area (TPSA) is 99.8 Å². The van der Waals surface area contributed by atoms with Gasteiger partial charge in [0.1, 0.15) is 5.41 Å². The van der Waals surface area contributed by atoms with E-state index in [1.54, 1.807) is 15.9 Å². The maximum atomic E-state index is 12.6. The van der Waals surface area contributed by atoms with Gasteiger partial charge in [0.2, 0.25) is 11.7 Å². The van der Waals surface area contributed by atoms with Crippen LogP contribution in [-0.2, 0) is 9.59 Å². The van der Waals surface area contributed by atoms with Crippen molar-refractivity contribution >= 4 is 17.9 Å². The van der Waals surface area contributed by atoms with Gasteiger partial charge in [0.15, 0.2) is 0 Å². The molecular weight excluding hydrogens is 336 g/mol. The molecular formula is C18H18N4O4. The summed E-state index contributed by atoms with van der Waals surface area (Å²) < 4.78 is 5.33. The molecule has 1 N–H and O–H groups in total. The smallest absolute Gasteiger partial charge is 0.324 e. The van der Waals surface area contributed by atoms with E-state index < -0.39 is 17.3 Å². The Kier molecular flexibility index (Phi) is 3.75. The van der Waals surface area contributed by atoms with Gasteiger partial charge in [0.05, 0.1) is 5.92 Å². The summed E-state index contributed by atoms with van der Waals surface area (Å²) in [5.74, 6) is -1.35. The van der Waals surface area contributed by atoms with Gasteiger partial charge in [-0.2, -0.15) is 4.98 Å². The lowest BCUT2D eigenvalue weighted by Gasteiger charge is -2.23. The highest BCUT2D eigenvalue weighted by atomic mass is 16.5. The quantitative estimate of drug-likeness (QED) is 0.807. The minimum Gasteiger partial charge on any atom is -0.481 e. The van der Waals surface area contributed by atoms with Crippen LogP contribution in [0.5, 0.6) is 0 Å². The Morgan fingerprint density at radius 2 is 2.15 bits per heavy atom. The summed E-state index contributed by atoms with van der Waals surface area (Å²) in [6.07, 6.45) is 1.61. The molecule has 4 rings (SSSR count). The molecule has 0 saturated carbocycles. The first-order valence-electron chi connectivity index (χ1n) is 8.32. The molecule has 2 aliphatic heterocycles. The lowest BCUT2D eigenvalue weighted by atomic mass is 9.81. The molecule has 0 radical (unpaired) electrons. The molecule has 26 heavy (non-hydrogen) atoms. The summed E-state index contributed by atoms with van der Waals surface area (Å²) in [5, 5.41) is 13.8. The monoisotopic (exact) mass is 354 g/mol. The number of benzene rings is 1. The highest BCUT2D eigenvalue weighted by Crippen LogP contribution is 2.44. The van der Waals surface area contributed by atoms with E-state index in [1.807, 2.05) is 30.3 Å². The van der Waals surface area contributed by atoms with Gasteiger partial charge in [-0.25, -0.2) is 0 Å². The zero-order valence-electron chi connectivity index (χ0n) is 14.0. The number of carboxylic acids is 1. The molecule has 1 amide bonds. The largest absolute Gasteiger partial charge is 0.481 e. The Bertz CT molecular complexity index is 865. The first-order valence-corrected chi connectivity index (χ1v) is 8.32. The minimum atomic E-state index is -1.17. The molecule has 2 aliphatic rings. The third-order valence-corrected chi connectivity index (χ3v) is 5.12. The number of aliphatic carboxylic acids is 1. The lowest BCUT2D eigenvalue weighted by Crippen LogP contribution is -2.41. The summed E-state index contributed by atoms with van der Waals surface area (Å²) in [6.45, 7) is 4.54. The maximum Gasteiger partial charge on any atom is 0.324 e. The van der Waals surface area contributed by atoms with Crippen molar-refractivity contribution in [2.75, 3.05) is 31.1 Å². The van der Waals surface area contributed by atoms with Crippen LogP contribution < -0.4 is 4.90 Å². The van der Waals surface area contributed by atoms with Crippen LogP contribution in [0.1, 0.15) is 0 Å². The van der Waals surface area contributed by atoms with Crippen LogP contribution in [0.15, 0.2) is 47.5 Å². The zero-order valence-corrected chi connectivity index (χ0v) is 14.0. The van der Waals surface area contributed by atoms with E-state index in [0.717, 1.165) is 5.56 Å². The van der Waals surface area contributed by atoms with Crippen molar-refractivity contribution in [2.24, 2.45) is 11.3 Å². The second-order valence-corrected chi connectivity index (χ2v) is 6.67. The number of hydrogen-bond acceptors (Lipinski definition) is 6. The number of amides is 1. The molecule has 0 unspecified atom stereocenters. The number of aromatic nitrogens is 2. The molecule has 0 aliphatic carbocycles. The second kappa shape index (κ2) is 5.98. The average molecular weight is 354 g/mol. The summed E-state index contributed by atoms with van der Waals surface area (Å²) in [6, 6.07) is 9.60. The van der Waals surface area contributed by atoms with Crippen LogP contribution in [-0.4, -0.2) is 58.2 Å². The van der Waals surface area contributed by atoms with Gasteiger partial charge in [-0.05, 0) is 0 Å². The summed E-state index contributed by atoms with van der Waals surface area (Å²) in [7, 11) is 0. The van der Waals surface area contributed by atoms with E-state index in [-0.39, 0.29) is 31.6 Å². The first kappa shape index (κ1) is 16.3. The van der Waals surface area contributed by atoms with E-state index in [2.05, 4.69) is 16.7 Å². The molecule has 8 nitrogen and oxygen atoms in total. The predicted octanol–water partition coefficient (Wildman–Crippen LogP) is 1.27. The number of nitrogens with zero attached hydrogens (tertiary/aromatic N) is 4. The second-order valence-electron chi connectivity index (χ2n) is 6.67. The van der Waals surface area contributed by atoms with Crippen LogP contribution >= 0.6 is 0 Å². The molecule has 134 valence electrons. The van der Waals surface area contributed by atoms with Gasteiger partial charge in [-0.15, -0.1) is 6.58 Å². The molecule has 2 aromatic rings. The third-order valence-electron chi connectivity index (χ3n) is 5.12. The van der Waals surface area contributed by atoms with Gasteiger partial charge < -0.3 is 19.4 Å². The number of hydrogen-bond donors (Lipinski definition) is 1.